The van der Waals surface area contributed by atoms with Gasteiger partial charge in [0.2, 0.25) is 17.5 Å². The Morgan fingerprint density at radius 3 is 2.10 bits per heavy atom. The Labute approximate surface area is 236 Å². The molecule has 42 heavy (non-hydrogen) atoms. The van der Waals surface area contributed by atoms with Crippen molar-refractivity contribution in [1.82, 2.24) is 0 Å². The zero-order valence-corrected chi connectivity index (χ0v) is 21.9. The Morgan fingerprint density at radius 2 is 1.40 bits per heavy atom. The molecule has 15 heteroatoms. The topological polar surface area (TPSA) is 249 Å². The summed E-state index contributed by atoms with van der Waals surface area (Å²) in [6.07, 6.45) is -15.8. The van der Waals surface area contributed by atoms with Gasteiger partial charge in [0.25, 0.3) is 0 Å². The van der Waals surface area contributed by atoms with Crippen LogP contribution in [0, 0.1) is 0 Å². The van der Waals surface area contributed by atoms with Gasteiger partial charge in [-0.25, -0.2) is 0 Å². The molecule has 9 N–H and O–H groups in total. The molecule has 0 radical (unpaired) electrons. The van der Waals surface area contributed by atoms with Crippen LogP contribution in [0.1, 0.15) is 6.92 Å². The fraction of sp³-hybridized carbons (Fsp3) is 0.444. The minimum atomic E-state index is -1.92. The van der Waals surface area contributed by atoms with Crippen molar-refractivity contribution < 1.29 is 69.3 Å². The van der Waals surface area contributed by atoms with Crippen LogP contribution in [-0.4, -0.2) is 114 Å². The minimum absolute atomic E-state index is 0.103. The molecule has 3 heterocycles. The summed E-state index contributed by atoms with van der Waals surface area (Å²) in [7, 11) is 0. The van der Waals surface area contributed by atoms with Crippen molar-refractivity contribution in [2.45, 2.75) is 68.3 Å². The fourth-order valence-electron chi connectivity index (χ4n) is 4.79. The minimum Gasteiger partial charge on any atom is -0.508 e. The Morgan fingerprint density at radius 1 is 0.762 bits per heavy atom. The van der Waals surface area contributed by atoms with Gasteiger partial charge in [0.05, 0.1) is 12.7 Å². The molecule has 0 bridgehead atoms. The molecule has 0 spiro atoms. The van der Waals surface area contributed by atoms with E-state index in [1.54, 1.807) is 0 Å². The Balaban J connectivity index is 1.46. The van der Waals surface area contributed by atoms with E-state index in [4.69, 9.17) is 23.4 Å². The summed E-state index contributed by atoms with van der Waals surface area (Å²) in [6, 6.07) is 7.33. The summed E-state index contributed by atoms with van der Waals surface area (Å²) < 4.78 is 28.0. The Hall–Kier alpha value is -3.51. The van der Waals surface area contributed by atoms with Gasteiger partial charge in [0, 0.05) is 17.7 Å². The number of aromatic hydroxyl groups is 3. The van der Waals surface area contributed by atoms with Gasteiger partial charge in [-0.1, -0.05) is 0 Å². The zero-order valence-electron chi connectivity index (χ0n) is 21.9. The standard InChI is InChI=1S/C27H30O15/c1-9-17(31)20(34)22(36)26(39-9)38-8-15-18(32)21(35)23(37)27(41-15)42-25-19(33)16-13(30)6-12(29)7-14(16)40-24(25)10-2-4-11(28)5-3-10/h2-7,9,15,17-18,20-23,26-32,34-37H,8H2,1H3/t9-,15+,17-,18+,20+,21-,22+,23+,26-,27+/m0/s1. The van der Waals surface area contributed by atoms with Crippen molar-refractivity contribution >= 4 is 11.0 Å². The monoisotopic (exact) mass is 594 g/mol. The zero-order chi connectivity index (χ0) is 30.5. The van der Waals surface area contributed by atoms with Crippen molar-refractivity contribution in [2.75, 3.05) is 6.61 Å². The molecule has 0 aliphatic carbocycles. The summed E-state index contributed by atoms with van der Waals surface area (Å²) >= 11 is 0. The highest BCUT2D eigenvalue weighted by Gasteiger charge is 2.47. The average molecular weight is 595 g/mol. The third kappa shape index (κ3) is 5.49. The van der Waals surface area contributed by atoms with Gasteiger partial charge in [-0.05, 0) is 31.2 Å². The van der Waals surface area contributed by atoms with Crippen LogP contribution in [0.4, 0.5) is 0 Å². The van der Waals surface area contributed by atoms with Crippen LogP contribution >= 0.6 is 0 Å². The SMILES string of the molecule is C[C@@H]1O[C@H](OC[C@H]2O[C@H](Oc3c(-c4ccc(O)cc4)oc4cc(O)cc(O)c4c3=O)[C@H](O)[C@@H](O)[C@@H]2O)[C@H](O)[C@H](O)[C@H]1O. The molecule has 0 amide bonds. The molecule has 0 unspecified atom stereocenters. The first kappa shape index (κ1) is 30.0. The second-order valence-corrected chi connectivity index (χ2v) is 10.1. The van der Waals surface area contributed by atoms with E-state index >= 15 is 0 Å². The van der Waals surface area contributed by atoms with Gasteiger partial charge < -0.3 is 69.3 Å². The van der Waals surface area contributed by atoms with Crippen LogP contribution in [0.25, 0.3) is 22.3 Å². The number of fused-ring (bicyclic) bond motifs is 1. The molecule has 2 aliphatic heterocycles. The molecule has 228 valence electrons. The van der Waals surface area contributed by atoms with Crippen LogP contribution in [0.15, 0.2) is 45.6 Å². The molecular weight excluding hydrogens is 564 g/mol. The van der Waals surface area contributed by atoms with Gasteiger partial charge in [-0.15, -0.1) is 0 Å². The first-order valence-electron chi connectivity index (χ1n) is 12.9. The lowest BCUT2D eigenvalue weighted by Crippen LogP contribution is -2.61. The maximum atomic E-state index is 13.5. The van der Waals surface area contributed by atoms with Gasteiger partial charge >= 0.3 is 0 Å². The average Bonchev–Trinajstić information content (AvgIpc) is 2.95. The lowest BCUT2D eigenvalue weighted by atomic mass is 9.98. The maximum absolute atomic E-state index is 13.5. The predicted octanol–water partition coefficient (Wildman–Crippen LogP) is -1.39. The number of benzene rings is 2. The van der Waals surface area contributed by atoms with Crippen LogP contribution in [0.5, 0.6) is 23.0 Å². The molecule has 10 atom stereocenters. The molecule has 3 aromatic rings. The van der Waals surface area contributed by atoms with E-state index in [2.05, 4.69) is 0 Å². The number of aliphatic hydroxyl groups is 6. The lowest BCUT2D eigenvalue weighted by molar-refractivity contribution is -0.318. The highest BCUT2D eigenvalue weighted by atomic mass is 16.7. The van der Waals surface area contributed by atoms with Gasteiger partial charge in [-0.3, -0.25) is 4.79 Å². The van der Waals surface area contributed by atoms with E-state index in [1.165, 1.54) is 31.2 Å². The first-order valence-corrected chi connectivity index (χ1v) is 12.9. The van der Waals surface area contributed by atoms with E-state index in [0.29, 0.717) is 0 Å². The van der Waals surface area contributed by atoms with E-state index < -0.39 is 90.7 Å². The molecular formula is C27H30O15. The summed E-state index contributed by atoms with van der Waals surface area (Å²) in [5.74, 6) is -1.97. The van der Waals surface area contributed by atoms with Crippen molar-refractivity contribution in [3.8, 4) is 34.3 Å². The number of hydrogen-bond donors (Lipinski definition) is 9. The Bertz CT molecular complexity index is 1470. The first-order chi connectivity index (χ1) is 19.9. The maximum Gasteiger partial charge on any atom is 0.239 e. The van der Waals surface area contributed by atoms with Gasteiger partial charge in [-0.2, -0.15) is 0 Å². The molecule has 15 nitrogen and oxygen atoms in total. The van der Waals surface area contributed by atoms with Crippen LogP contribution in [-0.2, 0) is 14.2 Å². The van der Waals surface area contributed by atoms with Crippen molar-refractivity contribution in [1.29, 1.82) is 0 Å². The van der Waals surface area contributed by atoms with Crippen LogP contribution in [0.2, 0.25) is 0 Å². The van der Waals surface area contributed by atoms with E-state index in [1.807, 2.05) is 0 Å². The summed E-state index contributed by atoms with van der Waals surface area (Å²) in [5.41, 5.74) is -0.956. The quantitative estimate of drug-likeness (QED) is 0.159. The lowest BCUT2D eigenvalue weighted by Gasteiger charge is -2.42. The van der Waals surface area contributed by atoms with Crippen molar-refractivity contribution in [3.05, 3.63) is 46.6 Å². The highest BCUT2D eigenvalue weighted by molar-refractivity contribution is 5.88. The van der Waals surface area contributed by atoms with E-state index in [9.17, 15) is 50.8 Å². The summed E-state index contributed by atoms with van der Waals surface area (Å²) in [5, 5.41) is 91.4. The Kier molecular flexibility index (Phi) is 8.30. The predicted molar refractivity (Wildman–Crippen MR) is 139 cm³/mol. The van der Waals surface area contributed by atoms with Crippen LogP contribution in [0.3, 0.4) is 0 Å². The number of rotatable bonds is 6. The normalized spacial score (nSPS) is 33.5. The van der Waals surface area contributed by atoms with Gasteiger partial charge in [0.1, 0.15) is 70.9 Å². The third-order valence-electron chi connectivity index (χ3n) is 7.18. The molecule has 2 saturated heterocycles. The van der Waals surface area contributed by atoms with Gasteiger partial charge in [0.15, 0.2) is 12.1 Å². The second kappa shape index (κ2) is 11.6. The number of phenolic OH excluding ortho intramolecular Hbond substituents is 3. The number of ether oxygens (including phenoxy) is 4. The highest BCUT2D eigenvalue weighted by Crippen LogP contribution is 2.37. The molecule has 0 saturated carbocycles. The molecule has 2 aromatic carbocycles. The van der Waals surface area contributed by atoms with E-state index in [0.717, 1.165) is 12.1 Å². The third-order valence-corrected chi connectivity index (χ3v) is 7.18. The number of phenols is 3. The molecule has 1 aromatic heterocycles. The fourth-order valence-corrected chi connectivity index (χ4v) is 4.79. The number of aliphatic hydroxyl groups excluding tert-OH is 6. The molecule has 2 aliphatic rings. The summed E-state index contributed by atoms with van der Waals surface area (Å²) in [4.78, 5) is 13.5. The largest absolute Gasteiger partial charge is 0.508 e. The van der Waals surface area contributed by atoms with Crippen LogP contribution < -0.4 is 10.2 Å². The molecule has 5 rings (SSSR count). The smallest absolute Gasteiger partial charge is 0.239 e. The number of hydrogen-bond acceptors (Lipinski definition) is 15. The van der Waals surface area contributed by atoms with Crippen molar-refractivity contribution in [3.63, 3.8) is 0 Å². The summed E-state index contributed by atoms with van der Waals surface area (Å²) in [6.45, 7) is 0.866. The van der Waals surface area contributed by atoms with Crippen molar-refractivity contribution in [2.24, 2.45) is 0 Å². The van der Waals surface area contributed by atoms with E-state index in [-0.39, 0.29) is 28.0 Å². The molecule has 2 fully saturated rings. The second-order valence-electron chi connectivity index (χ2n) is 10.1.